The Kier molecular flexibility index (Phi) is 2.57. The van der Waals surface area contributed by atoms with E-state index in [2.05, 4.69) is 15.1 Å². The van der Waals surface area contributed by atoms with E-state index in [1.807, 2.05) is 42.5 Å². The van der Waals surface area contributed by atoms with Gasteiger partial charge in [-0.3, -0.25) is 9.78 Å². The molecular formula is C16H12N4O. The van der Waals surface area contributed by atoms with E-state index < -0.39 is 0 Å². The zero-order valence-corrected chi connectivity index (χ0v) is 11.2. The third kappa shape index (κ3) is 1.90. The number of fused-ring (bicyclic) bond motifs is 3. The van der Waals surface area contributed by atoms with Gasteiger partial charge in [0.25, 0.3) is 5.56 Å². The van der Waals surface area contributed by atoms with Gasteiger partial charge in [0.15, 0.2) is 0 Å². The number of hydrogen-bond acceptors (Lipinski definition) is 3. The van der Waals surface area contributed by atoms with Crippen LogP contribution in [0.5, 0.6) is 0 Å². The third-order valence-corrected chi connectivity index (χ3v) is 3.56. The molecule has 1 aromatic carbocycles. The lowest BCUT2D eigenvalue weighted by atomic mass is 10.2. The molecule has 0 saturated heterocycles. The van der Waals surface area contributed by atoms with Gasteiger partial charge in [-0.1, -0.05) is 24.3 Å². The molecule has 5 heteroatoms. The van der Waals surface area contributed by atoms with Gasteiger partial charge in [0.1, 0.15) is 5.52 Å². The molecule has 3 heterocycles. The van der Waals surface area contributed by atoms with E-state index in [1.54, 1.807) is 12.4 Å². The predicted octanol–water partition coefficient (Wildman–Crippen LogP) is 2.32. The topological polar surface area (TPSA) is 63.6 Å². The number of hydrogen-bond donors (Lipinski definition) is 1. The zero-order valence-electron chi connectivity index (χ0n) is 11.2. The molecule has 0 amide bonds. The minimum Gasteiger partial charge on any atom is -0.350 e. The van der Waals surface area contributed by atoms with Crippen LogP contribution in [-0.4, -0.2) is 19.7 Å². The number of pyridine rings is 1. The Bertz CT molecular complexity index is 985. The summed E-state index contributed by atoms with van der Waals surface area (Å²) in [4.78, 5) is 20.0. The van der Waals surface area contributed by atoms with Crippen molar-refractivity contribution in [3.63, 3.8) is 0 Å². The van der Waals surface area contributed by atoms with E-state index in [9.17, 15) is 4.79 Å². The van der Waals surface area contributed by atoms with Crippen molar-refractivity contribution in [1.82, 2.24) is 19.7 Å². The van der Waals surface area contributed by atoms with Crippen molar-refractivity contribution in [3.8, 4) is 0 Å². The van der Waals surface area contributed by atoms with Crippen molar-refractivity contribution in [1.29, 1.82) is 0 Å². The zero-order chi connectivity index (χ0) is 14.2. The molecule has 0 aliphatic carbocycles. The highest BCUT2D eigenvalue weighted by molar-refractivity contribution is 6.06. The molecular weight excluding hydrogens is 264 g/mol. The minimum absolute atomic E-state index is 0.130. The number of benzene rings is 1. The molecule has 4 aromatic rings. The average Bonchev–Trinajstić information content (AvgIpc) is 2.91. The second-order valence-corrected chi connectivity index (χ2v) is 4.89. The van der Waals surface area contributed by atoms with Gasteiger partial charge >= 0.3 is 0 Å². The standard InChI is InChI=1S/C16H12N4O/c21-16-15-13(12-6-1-2-7-14(12)19-15)9-18-20(16)10-11-5-3-4-8-17-11/h1-9,19H,10H2. The quantitative estimate of drug-likeness (QED) is 0.611. The number of aromatic amines is 1. The number of aromatic nitrogens is 4. The monoisotopic (exact) mass is 276 g/mol. The van der Waals surface area contributed by atoms with Crippen LogP contribution in [0.25, 0.3) is 21.8 Å². The Morgan fingerprint density at radius 1 is 1.05 bits per heavy atom. The molecule has 0 unspecified atom stereocenters. The van der Waals surface area contributed by atoms with E-state index in [4.69, 9.17) is 0 Å². The third-order valence-electron chi connectivity index (χ3n) is 3.56. The van der Waals surface area contributed by atoms with Crippen LogP contribution in [0, 0.1) is 0 Å². The van der Waals surface area contributed by atoms with Gasteiger partial charge in [-0.2, -0.15) is 5.10 Å². The molecule has 21 heavy (non-hydrogen) atoms. The summed E-state index contributed by atoms with van der Waals surface area (Å²) in [5, 5.41) is 6.14. The fourth-order valence-electron chi connectivity index (χ4n) is 2.53. The summed E-state index contributed by atoms with van der Waals surface area (Å²) in [5.41, 5.74) is 2.21. The van der Waals surface area contributed by atoms with Gasteiger partial charge in [-0.15, -0.1) is 0 Å². The Morgan fingerprint density at radius 3 is 2.76 bits per heavy atom. The Morgan fingerprint density at radius 2 is 1.90 bits per heavy atom. The van der Waals surface area contributed by atoms with E-state index in [-0.39, 0.29) is 5.56 Å². The SMILES string of the molecule is O=c1c2[nH]c3ccccc3c2cnn1Cc1ccccn1. The van der Waals surface area contributed by atoms with E-state index in [1.165, 1.54) is 4.68 Å². The van der Waals surface area contributed by atoms with Gasteiger partial charge in [0.2, 0.25) is 0 Å². The maximum Gasteiger partial charge on any atom is 0.291 e. The van der Waals surface area contributed by atoms with E-state index in [0.717, 1.165) is 22.0 Å². The molecule has 0 spiro atoms. The summed E-state index contributed by atoms with van der Waals surface area (Å²) in [7, 11) is 0. The van der Waals surface area contributed by atoms with Crippen LogP contribution in [0.4, 0.5) is 0 Å². The summed E-state index contributed by atoms with van der Waals surface area (Å²) in [6, 6.07) is 13.5. The average molecular weight is 276 g/mol. The lowest BCUT2D eigenvalue weighted by molar-refractivity contribution is 0.635. The number of nitrogens with zero attached hydrogens (tertiary/aromatic N) is 3. The first-order valence-corrected chi connectivity index (χ1v) is 6.69. The molecule has 0 aliphatic heterocycles. The van der Waals surface area contributed by atoms with Gasteiger partial charge in [-0.25, -0.2) is 4.68 Å². The van der Waals surface area contributed by atoms with Gasteiger partial charge in [0, 0.05) is 22.5 Å². The lowest BCUT2D eigenvalue weighted by Gasteiger charge is -2.03. The van der Waals surface area contributed by atoms with Crippen LogP contribution in [0.1, 0.15) is 5.69 Å². The number of rotatable bonds is 2. The van der Waals surface area contributed by atoms with Crippen LogP contribution in [0.15, 0.2) is 59.7 Å². The molecule has 0 atom stereocenters. The van der Waals surface area contributed by atoms with Crippen LogP contribution < -0.4 is 5.56 Å². The predicted molar refractivity (Wildman–Crippen MR) is 81.2 cm³/mol. The van der Waals surface area contributed by atoms with Crippen molar-refractivity contribution in [2.75, 3.05) is 0 Å². The van der Waals surface area contributed by atoms with Crippen molar-refractivity contribution in [3.05, 3.63) is 70.9 Å². The van der Waals surface area contributed by atoms with Crippen LogP contribution in [0.2, 0.25) is 0 Å². The fraction of sp³-hybridized carbons (Fsp3) is 0.0625. The summed E-state index contributed by atoms with van der Waals surface area (Å²) in [6.07, 6.45) is 3.44. The smallest absolute Gasteiger partial charge is 0.291 e. The summed E-state index contributed by atoms with van der Waals surface area (Å²) in [6.45, 7) is 0.366. The molecule has 102 valence electrons. The van der Waals surface area contributed by atoms with E-state index in [0.29, 0.717) is 12.1 Å². The largest absolute Gasteiger partial charge is 0.350 e. The van der Waals surface area contributed by atoms with Crippen molar-refractivity contribution in [2.24, 2.45) is 0 Å². The highest BCUT2D eigenvalue weighted by Gasteiger charge is 2.10. The molecule has 0 bridgehead atoms. The first kappa shape index (κ1) is 11.8. The fourth-order valence-corrected chi connectivity index (χ4v) is 2.53. The number of nitrogens with one attached hydrogen (secondary N) is 1. The Balaban J connectivity index is 1.90. The Hall–Kier alpha value is -2.95. The van der Waals surface area contributed by atoms with Crippen LogP contribution >= 0.6 is 0 Å². The van der Waals surface area contributed by atoms with Crippen LogP contribution in [0.3, 0.4) is 0 Å². The summed E-state index contributed by atoms with van der Waals surface area (Å²) >= 11 is 0. The molecule has 5 nitrogen and oxygen atoms in total. The molecule has 0 radical (unpaired) electrons. The molecule has 3 aromatic heterocycles. The van der Waals surface area contributed by atoms with Crippen molar-refractivity contribution >= 4 is 21.8 Å². The molecule has 0 aliphatic rings. The highest BCUT2D eigenvalue weighted by Crippen LogP contribution is 2.21. The molecule has 0 saturated carbocycles. The maximum atomic E-state index is 12.5. The number of para-hydroxylation sites is 1. The number of H-pyrrole nitrogens is 1. The normalized spacial score (nSPS) is 11.2. The summed E-state index contributed by atoms with van der Waals surface area (Å²) in [5.74, 6) is 0. The summed E-state index contributed by atoms with van der Waals surface area (Å²) < 4.78 is 1.43. The highest BCUT2D eigenvalue weighted by atomic mass is 16.1. The van der Waals surface area contributed by atoms with Gasteiger partial charge < -0.3 is 4.98 Å². The van der Waals surface area contributed by atoms with Crippen molar-refractivity contribution in [2.45, 2.75) is 6.54 Å². The minimum atomic E-state index is -0.130. The van der Waals surface area contributed by atoms with Gasteiger partial charge in [0.05, 0.1) is 18.4 Å². The second-order valence-electron chi connectivity index (χ2n) is 4.89. The van der Waals surface area contributed by atoms with Crippen molar-refractivity contribution < 1.29 is 0 Å². The lowest BCUT2D eigenvalue weighted by Crippen LogP contribution is -2.23. The maximum absolute atomic E-state index is 12.5. The van der Waals surface area contributed by atoms with E-state index >= 15 is 0 Å². The Labute approximate surface area is 119 Å². The first-order valence-electron chi connectivity index (χ1n) is 6.69. The second kappa shape index (κ2) is 4.56. The molecule has 4 rings (SSSR count). The molecule has 0 fully saturated rings. The molecule has 1 N–H and O–H groups in total. The first-order chi connectivity index (χ1) is 10.3. The van der Waals surface area contributed by atoms with Crippen LogP contribution in [-0.2, 0) is 6.54 Å². The van der Waals surface area contributed by atoms with Gasteiger partial charge in [-0.05, 0) is 18.2 Å².